The summed E-state index contributed by atoms with van der Waals surface area (Å²) >= 11 is 0. The molecule has 0 saturated carbocycles. The molecule has 11 nitrogen and oxygen atoms in total. The molecule has 0 bridgehead atoms. The Morgan fingerprint density at radius 1 is 0.708 bits per heavy atom. The van der Waals surface area contributed by atoms with Crippen LogP contribution < -0.4 is 14.8 Å². The highest BCUT2D eigenvalue weighted by Crippen LogP contribution is 2.37. The number of nitrogens with one attached hydrogen (secondary N) is 1. The monoisotopic (exact) mass is 657 g/mol. The molecule has 0 saturated heterocycles. The van der Waals surface area contributed by atoms with Gasteiger partial charge in [-0.15, -0.1) is 0 Å². The van der Waals surface area contributed by atoms with Crippen molar-refractivity contribution >= 4 is 11.9 Å². The van der Waals surface area contributed by atoms with E-state index < -0.39 is 24.1 Å². The Kier molecular flexibility index (Phi) is 12.6. The van der Waals surface area contributed by atoms with E-state index in [2.05, 4.69) is 31.3 Å². The number of aliphatic carboxylic acids is 2. The molecule has 0 unspecified atom stereocenters. The SMILES string of the molecule is COc1nc(-c2cccc(-c3cccc(-c4ccc(CNC[C@@H](O)CC(=O)O)c(OC)n4)c3C)c2C)ccc1CCC[C@@H](O)CC(=O)O. The number of carbonyl (C=O) groups is 2. The quantitative estimate of drug-likeness (QED) is 0.101. The van der Waals surface area contributed by atoms with Crippen LogP contribution in [0.2, 0.25) is 0 Å². The predicted octanol–water partition coefficient (Wildman–Crippen LogP) is 5.20. The number of carboxylic acid groups (broad SMARTS) is 2. The molecule has 0 radical (unpaired) electrons. The summed E-state index contributed by atoms with van der Waals surface area (Å²) in [5.74, 6) is -1.13. The Balaban J connectivity index is 1.57. The summed E-state index contributed by atoms with van der Waals surface area (Å²) < 4.78 is 11.2. The molecule has 0 aliphatic rings. The molecule has 0 spiro atoms. The summed E-state index contributed by atoms with van der Waals surface area (Å²) in [5, 5.41) is 40.6. The number of hydrogen-bond donors (Lipinski definition) is 5. The second-order valence-electron chi connectivity index (χ2n) is 11.7. The highest BCUT2D eigenvalue weighted by Gasteiger charge is 2.17. The molecule has 2 aromatic carbocycles. The normalized spacial score (nSPS) is 12.4. The zero-order chi connectivity index (χ0) is 34.8. The average molecular weight is 658 g/mol. The fourth-order valence-electron chi connectivity index (χ4n) is 5.81. The van der Waals surface area contributed by atoms with Gasteiger partial charge in [-0.3, -0.25) is 9.59 Å². The van der Waals surface area contributed by atoms with Gasteiger partial charge in [0.05, 0.1) is 50.7 Å². The molecule has 0 aliphatic carbocycles. The average Bonchev–Trinajstić information content (AvgIpc) is 3.05. The van der Waals surface area contributed by atoms with Crippen molar-refractivity contribution in [3.8, 4) is 45.4 Å². The summed E-state index contributed by atoms with van der Waals surface area (Å²) in [5.41, 5.74) is 9.29. The maximum absolute atomic E-state index is 10.8. The number of hydrogen-bond acceptors (Lipinski definition) is 9. The van der Waals surface area contributed by atoms with Crippen LogP contribution in [0.1, 0.15) is 47.9 Å². The molecule has 2 heterocycles. The minimum atomic E-state index is -1.06. The van der Waals surface area contributed by atoms with Gasteiger partial charge in [0.25, 0.3) is 0 Å². The van der Waals surface area contributed by atoms with Crippen LogP contribution in [0.15, 0.2) is 60.7 Å². The lowest BCUT2D eigenvalue weighted by Gasteiger charge is -2.17. The first-order valence-corrected chi connectivity index (χ1v) is 15.8. The van der Waals surface area contributed by atoms with Crippen LogP contribution in [0.4, 0.5) is 0 Å². The number of methoxy groups -OCH3 is 2. The van der Waals surface area contributed by atoms with Crippen molar-refractivity contribution in [3.05, 3.63) is 82.9 Å². The maximum atomic E-state index is 10.8. The molecular formula is C37H43N3O8. The van der Waals surface area contributed by atoms with Crippen LogP contribution in [0.5, 0.6) is 11.8 Å². The fourth-order valence-corrected chi connectivity index (χ4v) is 5.81. The van der Waals surface area contributed by atoms with Crippen molar-refractivity contribution in [2.75, 3.05) is 20.8 Å². The van der Waals surface area contributed by atoms with E-state index in [0.717, 1.165) is 55.9 Å². The third kappa shape index (κ3) is 9.15. The molecule has 48 heavy (non-hydrogen) atoms. The molecule has 0 fully saturated rings. The van der Waals surface area contributed by atoms with E-state index in [9.17, 15) is 19.8 Å². The van der Waals surface area contributed by atoms with Crippen LogP contribution in [0, 0.1) is 13.8 Å². The number of aliphatic hydroxyl groups excluding tert-OH is 2. The molecule has 2 aromatic heterocycles. The number of benzene rings is 2. The van der Waals surface area contributed by atoms with E-state index in [1.54, 1.807) is 14.2 Å². The first-order valence-electron chi connectivity index (χ1n) is 15.8. The molecule has 0 amide bonds. The fraction of sp³-hybridized carbons (Fsp3) is 0.351. The van der Waals surface area contributed by atoms with Gasteiger partial charge in [-0.1, -0.05) is 48.5 Å². The Morgan fingerprint density at radius 3 is 1.71 bits per heavy atom. The van der Waals surface area contributed by atoms with Crippen LogP contribution in [-0.2, 0) is 22.6 Å². The lowest BCUT2D eigenvalue weighted by Crippen LogP contribution is -2.28. The van der Waals surface area contributed by atoms with Gasteiger partial charge in [0.2, 0.25) is 11.8 Å². The van der Waals surface area contributed by atoms with E-state index in [0.29, 0.717) is 37.6 Å². The number of nitrogens with zero attached hydrogens (tertiary/aromatic N) is 2. The van der Waals surface area contributed by atoms with Crippen molar-refractivity contribution in [2.24, 2.45) is 0 Å². The molecule has 4 aromatic rings. The molecular weight excluding hydrogens is 614 g/mol. The lowest BCUT2D eigenvalue weighted by molar-refractivity contribution is -0.140. The minimum Gasteiger partial charge on any atom is -0.481 e. The zero-order valence-electron chi connectivity index (χ0n) is 27.7. The van der Waals surface area contributed by atoms with E-state index in [1.807, 2.05) is 48.5 Å². The van der Waals surface area contributed by atoms with Gasteiger partial charge in [0, 0.05) is 35.3 Å². The molecule has 0 aliphatic heterocycles. The number of aromatic nitrogens is 2. The van der Waals surface area contributed by atoms with Crippen molar-refractivity contribution < 1.29 is 39.5 Å². The van der Waals surface area contributed by atoms with Crippen molar-refractivity contribution in [1.82, 2.24) is 15.3 Å². The Labute approximate surface area is 280 Å². The summed E-state index contributed by atoms with van der Waals surface area (Å²) in [6.45, 7) is 4.62. The minimum absolute atomic E-state index is 0.129. The van der Waals surface area contributed by atoms with Gasteiger partial charge < -0.3 is 35.2 Å². The molecule has 2 atom stereocenters. The number of rotatable bonds is 17. The van der Waals surface area contributed by atoms with Crippen LogP contribution in [-0.4, -0.2) is 75.3 Å². The van der Waals surface area contributed by atoms with E-state index in [1.165, 1.54) is 0 Å². The number of aliphatic hydroxyl groups is 2. The molecule has 5 N–H and O–H groups in total. The maximum Gasteiger partial charge on any atom is 0.306 e. The number of aryl methyl sites for hydroxylation is 1. The van der Waals surface area contributed by atoms with Crippen molar-refractivity contribution in [1.29, 1.82) is 0 Å². The predicted molar refractivity (Wildman–Crippen MR) is 182 cm³/mol. The van der Waals surface area contributed by atoms with Gasteiger partial charge in [-0.25, -0.2) is 9.97 Å². The van der Waals surface area contributed by atoms with Gasteiger partial charge in [0.1, 0.15) is 0 Å². The van der Waals surface area contributed by atoms with Gasteiger partial charge >= 0.3 is 11.9 Å². The van der Waals surface area contributed by atoms with Crippen molar-refractivity contribution in [3.63, 3.8) is 0 Å². The highest BCUT2D eigenvalue weighted by molar-refractivity contribution is 5.82. The molecule has 11 heteroatoms. The van der Waals surface area contributed by atoms with Crippen molar-refractivity contribution in [2.45, 2.75) is 64.7 Å². The molecule has 254 valence electrons. The van der Waals surface area contributed by atoms with Gasteiger partial charge in [-0.05, 0) is 67.5 Å². The van der Waals surface area contributed by atoms with Crippen LogP contribution in [0.3, 0.4) is 0 Å². The summed E-state index contributed by atoms with van der Waals surface area (Å²) in [7, 11) is 3.13. The van der Waals surface area contributed by atoms with E-state index >= 15 is 0 Å². The summed E-state index contributed by atoms with van der Waals surface area (Å²) in [6, 6.07) is 20.0. The highest BCUT2D eigenvalue weighted by atomic mass is 16.5. The summed E-state index contributed by atoms with van der Waals surface area (Å²) in [4.78, 5) is 31.2. The number of pyridine rings is 2. The third-order valence-corrected chi connectivity index (χ3v) is 8.27. The first kappa shape index (κ1) is 36.0. The topological polar surface area (TPSA) is 171 Å². The van der Waals surface area contributed by atoms with Crippen LogP contribution >= 0.6 is 0 Å². The van der Waals surface area contributed by atoms with Crippen LogP contribution in [0.25, 0.3) is 33.6 Å². The third-order valence-electron chi connectivity index (χ3n) is 8.27. The van der Waals surface area contributed by atoms with E-state index in [4.69, 9.17) is 29.7 Å². The van der Waals surface area contributed by atoms with Gasteiger partial charge in [0.15, 0.2) is 0 Å². The Hall–Kier alpha value is -4.84. The lowest BCUT2D eigenvalue weighted by atomic mass is 9.89. The largest absolute Gasteiger partial charge is 0.481 e. The second-order valence-corrected chi connectivity index (χ2v) is 11.7. The van der Waals surface area contributed by atoms with Gasteiger partial charge in [-0.2, -0.15) is 0 Å². The van der Waals surface area contributed by atoms with E-state index in [-0.39, 0.29) is 19.4 Å². The summed E-state index contributed by atoms with van der Waals surface area (Å²) in [6.07, 6.45) is -0.893. The Morgan fingerprint density at radius 2 is 1.19 bits per heavy atom. The molecule has 4 rings (SSSR count). The standard InChI is InChI=1S/C37H43N3O8/c1-22-28(10-6-12-30(22)32-16-14-24(36(39-32)47-3)8-5-9-26(41)18-34(43)44)29-11-7-13-31(23(29)2)33-17-15-25(37(40-33)48-4)20-38-21-27(42)19-35(45)46/h6-7,10-17,26-27,38,41-42H,5,8-9,18-21H2,1-4H3,(H,43,44)(H,45,46)/t26-,27+/m1/s1. The number of ether oxygens (including phenoxy) is 2. The number of carboxylic acids is 2. The first-order chi connectivity index (χ1) is 23.0. The Bertz CT molecular complexity index is 1620. The smallest absolute Gasteiger partial charge is 0.306 e. The zero-order valence-corrected chi connectivity index (χ0v) is 27.7. The second kappa shape index (κ2) is 16.8.